The summed E-state index contributed by atoms with van der Waals surface area (Å²) in [7, 11) is 0. The molecule has 0 aromatic heterocycles. The molecule has 2 heteroatoms. The average Bonchev–Trinajstić information content (AvgIpc) is 2.68. The van der Waals surface area contributed by atoms with Crippen LogP contribution in [0.15, 0.2) is 35.9 Å². The fourth-order valence-corrected chi connectivity index (χ4v) is 5.10. The Balaban J connectivity index is 1.45. The van der Waals surface area contributed by atoms with Gasteiger partial charge in [0.15, 0.2) is 0 Å². The predicted molar refractivity (Wildman–Crippen MR) is 107 cm³/mol. The van der Waals surface area contributed by atoms with Crippen LogP contribution in [0.5, 0.6) is 5.75 Å². The van der Waals surface area contributed by atoms with Crippen LogP contribution in [0.1, 0.15) is 76.2 Å². The molecule has 0 aliphatic heterocycles. The van der Waals surface area contributed by atoms with Gasteiger partial charge in [-0.1, -0.05) is 36.7 Å². The van der Waals surface area contributed by atoms with Crippen LogP contribution < -0.4 is 4.74 Å². The van der Waals surface area contributed by atoms with Crippen molar-refractivity contribution in [3.05, 3.63) is 41.4 Å². The number of hydrogen-bond donors (Lipinski definition) is 0. The van der Waals surface area contributed by atoms with E-state index in [9.17, 15) is 0 Å². The lowest BCUT2D eigenvalue weighted by Gasteiger charge is -2.37. The van der Waals surface area contributed by atoms with Crippen molar-refractivity contribution in [2.75, 3.05) is 6.61 Å². The summed E-state index contributed by atoms with van der Waals surface area (Å²) in [6.07, 6.45) is 14.3. The van der Waals surface area contributed by atoms with Crippen LogP contribution in [-0.4, -0.2) is 6.61 Å². The van der Waals surface area contributed by atoms with E-state index in [-0.39, 0.29) is 0 Å². The maximum absolute atomic E-state index is 5.74. The molecular weight excluding hydrogens is 328 g/mol. The van der Waals surface area contributed by atoms with E-state index in [0.717, 1.165) is 42.4 Å². The molecule has 3 rings (SSSR count). The van der Waals surface area contributed by atoms with E-state index in [0.29, 0.717) is 0 Å². The average molecular weight is 361 g/mol. The number of hydrogen-bond acceptors (Lipinski definition) is 1. The van der Waals surface area contributed by atoms with Gasteiger partial charge in [-0.2, -0.15) is 0 Å². The lowest BCUT2D eigenvalue weighted by atomic mass is 9.68. The third-order valence-corrected chi connectivity index (χ3v) is 6.57. The summed E-state index contributed by atoms with van der Waals surface area (Å²) in [5.41, 5.74) is 3.23. The Morgan fingerprint density at radius 1 is 0.920 bits per heavy atom. The molecule has 0 spiro atoms. The zero-order chi connectivity index (χ0) is 17.5. The van der Waals surface area contributed by atoms with Crippen molar-refractivity contribution in [2.45, 2.75) is 70.6 Å². The topological polar surface area (TPSA) is 9.23 Å². The summed E-state index contributed by atoms with van der Waals surface area (Å²) < 4.78 is 5.71. The lowest BCUT2D eigenvalue weighted by molar-refractivity contribution is 0.171. The second kappa shape index (κ2) is 9.67. The summed E-state index contributed by atoms with van der Waals surface area (Å²) in [6.45, 7) is 2.96. The summed E-state index contributed by atoms with van der Waals surface area (Å²) in [4.78, 5) is 0. The van der Waals surface area contributed by atoms with Gasteiger partial charge >= 0.3 is 0 Å². The first-order valence-corrected chi connectivity index (χ1v) is 10.7. The second-order valence-electron chi connectivity index (χ2n) is 8.02. The zero-order valence-corrected chi connectivity index (χ0v) is 16.4. The number of halogens is 1. The minimum atomic E-state index is 0.735. The molecular formula is C23H33ClO. The Morgan fingerprint density at radius 3 is 2.08 bits per heavy atom. The largest absolute Gasteiger partial charge is 0.494 e. The monoisotopic (exact) mass is 360 g/mol. The van der Waals surface area contributed by atoms with Crippen LogP contribution in [0.3, 0.4) is 0 Å². The van der Waals surface area contributed by atoms with Crippen molar-refractivity contribution in [1.29, 1.82) is 0 Å². The van der Waals surface area contributed by atoms with E-state index in [1.807, 2.05) is 0 Å². The molecule has 0 radical (unpaired) electrons. The number of ether oxygens (including phenoxy) is 1. The summed E-state index contributed by atoms with van der Waals surface area (Å²) >= 11 is 5.74. The first-order valence-electron chi connectivity index (χ1n) is 10.3. The molecule has 0 unspecified atom stereocenters. The van der Waals surface area contributed by atoms with Gasteiger partial charge in [-0.25, -0.2) is 0 Å². The maximum atomic E-state index is 5.74. The summed E-state index contributed by atoms with van der Waals surface area (Å²) in [6, 6.07) is 8.89. The van der Waals surface area contributed by atoms with E-state index >= 15 is 0 Å². The fraction of sp³-hybridized carbons (Fsp3) is 0.652. The van der Waals surface area contributed by atoms with E-state index in [1.165, 1.54) is 56.9 Å². The number of rotatable bonds is 6. The Kier molecular flexibility index (Phi) is 7.28. The summed E-state index contributed by atoms with van der Waals surface area (Å²) in [5, 5.41) is 0. The molecule has 1 aromatic rings. The number of benzene rings is 1. The Labute approximate surface area is 158 Å². The maximum Gasteiger partial charge on any atom is 0.119 e. The van der Waals surface area contributed by atoms with Gasteiger partial charge in [-0.05, 0) is 99.2 Å². The van der Waals surface area contributed by atoms with Crippen LogP contribution in [0.4, 0.5) is 0 Å². The highest BCUT2D eigenvalue weighted by Crippen LogP contribution is 2.44. The molecule has 0 N–H and O–H groups in total. The zero-order valence-electron chi connectivity index (χ0n) is 15.6. The van der Waals surface area contributed by atoms with E-state index in [1.54, 1.807) is 5.54 Å². The van der Waals surface area contributed by atoms with Gasteiger partial charge < -0.3 is 4.74 Å². The molecule has 2 aliphatic rings. The van der Waals surface area contributed by atoms with E-state index in [4.69, 9.17) is 16.3 Å². The highest BCUT2D eigenvalue weighted by atomic mass is 35.5. The van der Waals surface area contributed by atoms with Crippen molar-refractivity contribution in [3.8, 4) is 5.75 Å². The van der Waals surface area contributed by atoms with Crippen LogP contribution in [-0.2, 0) is 0 Å². The fourth-order valence-electron chi connectivity index (χ4n) is 4.89. The molecule has 138 valence electrons. The van der Waals surface area contributed by atoms with Crippen LogP contribution in [0.2, 0.25) is 0 Å². The molecule has 0 saturated heterocycles. The minimum Gasteiger partial charge on any atom is -0.494 e. The van der Waals surface area contributed by atoms with Crippen molar-refractivity contribution in [1.82, 2.24) is 0 Å². The Bertz CT molecular complexity index is 520. The highest BCUT2D eigenvalue weighted by molar-refractivity contribution is 6.25. The van der Waals surface area contributed by atoms with Gasteiger partial charge in [0.25, 0.3) is 0 Å². The smallest absolute Gasteiger partial charge is 0.119 e. The van der Waals surface area contributed by atoms with Gasteiger partial charge in [0.05, 0.1) is 6.61 Å². The second-order valence-corrected chi connectivity index (χ2v) is 8.27. The van der Waals surface area contributed by atoms with Crippen LogP contribution in [0, 0.1) is 17.8 Å². The van der Waals surface area contributed by atoms with Gasteiger partial charge in [0.2, 0.25) is 0 Å². The molecule has 0 bridgehead atoms. The first-order chi connectivity index (χ1) is 12.3. The molecule has 0 amide bonds. The molecule has 0 heterocycles. The van der Waals surface area contributed by atoms with Gasteiger partial charge in [0.1, 0.15) is 5.75 Å². The van der Waals surface area contributed by atoms with Crippen molar-refractivity contribution in [2.24, 2.45) is 17.8 Å². The van der Waals surface area contributed by atoms with E-state index in [2.05, 4.69) is 37.3 Å². The van der Waals surface area contributed by atoms with Crippen molar-refractivity contribution >= 4 is 11.6 Å². The summed E-state index contributed by atoms with van der Waals surface area (Å²) in [5.74, 6) is 4.43. The quantitative estimate of drug-likeness (QED) is 0.516. The first kappa shape index (κ1) is 18.8. The predicted octanol–water partition coefficient (Wildman–Crippen LogP) is 7.31. The molecule has 1 aromatic carbocycles. The van der Waals surface area contributed by atoms with Crippen LogP contribution >= 0.6 is 11.6 Å². The molecule has 2 saturated carbocycles. The molecule has 2 fully saturated rings. The third-order valence-electron chi connectivity index (χ3n) is 6.42. The van der Waals surface area contributed by atoms with E-state index < -0.39 is 0 Å². The highest BCUT2D eigenvalue weighted by Gasteiger charge is 2.30. The molecule has 0 atom stereocenters. The van der Waals surface area contributed by atoms with Gasteiger partial charge in [-0.3, -0.25) is 0 Å². The van der Waals surface area contributed by atoms with Crippen molar-refractivity contribution < 1.29 is 4.74 Å². The van der Waals surface area contributed by atoms with Gasteiger partial charge in [0, 0.05) is 5.54 Å². The lowest BCUT2D eigenvalue weighted by Crippen LogP contribution is -2.25. The van der Waals surface area contributed by atoms with Crippen molar-refractivity contribution in [3.63, 3.8) is 0 Å². The van der Waals surface area contributed by atoms with Gasteiger partial charge in [-0.15, -0.1) is 0 Å². The SMILES string of the molecule is CCCOc1ccc(C2CCC(C3CCC(C=CCl)CC3)CC2)cc1. The standard InChI is InChI=1S/C23H33ClO/c1-2-17-25-23-13-11-22(12-14-23)21-9-7-20(8-10-21)19-5-3-18(4-6-19)15-16-24/h11-16,18-21H,2-10,17H2,1H3. The third kappa shape index (κ3) is 5.26. The molecule has 1 nitrogen and oxygen atoms in total. The van der Waals surface area contributed by atoms with Crippen LogP contribution in [0.25, 0.3) is 0 Å². The molecule has 25 heavy (non-hydrogen) atoms. The molecule has 2 aliphatic carbocycles. The Morgan fingerprint density at radius 2 is 1.52 bits per heavy atom. The normalized spacial score (nSPS) is 30.5. The number of allylic oxidation sites excluding steroid dienone is 1. The minimum absolute atomic E-state index is 0.735. The Hall–Kier alpha value is -0.950.